The van der Waals surface area contributed by atoms with Crippen LogP contribution < -0.4 is 0 Å². The third kappa shape index (κ3) is 2.45. The molecule has 6 aromatic rings. The Balaban J connectivity index is 1.79. The minimum absolute atomic E-state index is 0.914. The van der Waals surface area contributed by atoms with E-state index in [1.807, 2.05) is 36.4 Å². The van der Waals surface area contributed by atoms with Crippen LogP contribution in [0.4, 0.5) is 0 Å². The highest BCUT2D eigenvalue weighted by Gasteiger charge is 2.16. The van der Waals surface area contributed by atoms with Crippen LogP contribution >= 0.6 is 0 Å². The maximum absolute atomic E-state index is 4.69. The smallest absolute Gasteiger partial charge is 0.101 e. The van der Waals surface area contributed by atoms with Crippen LogP contribution in [-0.4, -0.2) is 14.8 Å². The van der Waals surface area contributed by atoms with E-state index in [9.17, 15) is 0 Å². The molecule has 0 bridgehead atoms. The first-order chi connectivity index (χ1) is 14.8. The number of fused-ring (bicyclic) bond motifs is 4. The topological polar surface area (TPSA) is 30.7 Å². The molecule has 3 nitrogen and oxygen atoms in total. The molecule has 2 heterocycles. The number of nitrogens with zero attached hydrogens (tertiary/aromatic N) is 3. The lowest BCUT2D eigenvalue weighted by Gasteiger charge is -2.11. The van der Waals surface area contributed by atoms with E-state index in [4.69, 9.17) is 5.10 Å². The first-order valence-corrected chi connectivity index (χ1v) is 10.1. The second kappa shape index (κ2) is 6.53. The van der Waals surface area contributed by atoms with Gasteiger partial charge in [-0.15, -0.1) is 10.2 Å². The Morgan fingerprint density at radius 2 is 1.03 bits per heavy atom. The third-order valence-electron chi connectivity index (χ3n) is 5.91. The van der Waals surface area contributed by atoms with Gasteiger partial charge in [-0.2, -0.15) is 0 Å². The molecule has 0 amide bonds. The minimum Gasteiger partial charge on any atom is -0.344 e. The zero-order valence-electron chi connectivity index (χ0n) is 16.6. The Morgan fingerprint density at radius 3 is 1.67 bits per heavy atom. The molecule has 142 valence electrons. The summed E-state index contributed by atoms with van der Waals surface area (Å²) in [7, 11) is 2.13. The van der Waals surface area contributed by atoms with E-state index >= 15 is 0 Å². The predicted molar refractivity (Wildman–Crippen MR) is 124 cm³/mol. The summed E-state index contributed by atoms with van der Waals surface area (Å²) in [5, 5.41) is 14.1. The fourth-order valence-electron chi connectivity index (χ4n) is 4.42. The van der Waals surface area contributed by atoms with E-state index in [1.54, 1.807) is 0 Å². The first-order valence-electron chi connectivity index (χ1n) is 10.1. The molecule has 4 aromatic carbocycles. The molecular formula is C27H19N3. The minimum atomic E-state index is 0.914. The Hall–Kier alpha value is -3.98. The second-order valence-corrected chi connectivity index (χ2v) is 7.62. The van der Waals surface area contributed by atoms with Gasteiger partial charge in [0.2, 0.25) is 0 Å². The molecule has 3 heteroatoms. The molecule has 0 fully saturated rings. The van der Waals surface area contributed by atoms with Gasteiger partial charge >= 0.3 is 0 Å². The van der Waals surface area contributed by atoms with Gasteiger partial charge in [0.15, 0.2) is 0 Å². The van der Waals surface area contributed by atoms with Crippen LogP contribution in [0.15, 0.2) is 97.1 Å². The highest BCUT2D eigenvalue weighted by Crippen LogP contribution is 2.38. The highest BCUT2D eigenvalue weighted by atomic mass is 15.1. The molecule has 0 aliphatic rings. The standard InChI is InChI=1S/C27H19N3/c1-30-24-15-9-8-14-20(24)21-16-22-23(17-25(21)30)27(19-12-6-3-7-13-19)29-28-26(22)18-10-4-2-5-11-18/h2-17H,1H3. The third-order valence-corrected chi connectivity index (χ3v) is 5.91. The van der Waals surface area contributed by atoms with Crippen LogP contribution in [0.5, 0.6) is 0 Å². The zero-order valence-corrected chi connectivity index (χ0v) is 16.6. The van der Waals surface area contributed by atoms with Crippen molar-refractivity contribution in [2.75, 3.05) is 0 Å². The maximum atomic E-state index is 4.69. The van der Waals surface area contributed by atoms with Gasteiger partial charge in [-0.05, 0) is 18.2 Å². The van der Waals surface area contributed by atoms with Gasteiger partial charge in [0.1, 0.15) is 11.4 Å². The van der Waals surface area contributed by atoms with Crippen molar-refractivity contribution >= 4 is 32.6 Å². The summed E-state index contributed by atoms with van der Waals surface area (Å²) in [5.74, 6) is 0. The molecule has 0 saturated carbocycles. The summed E-state index contributed by atoms with van der Waals surface area (Å²) in [5.41, 5.74) is 6.42. The number of benzene rings is 4. The van der Waals surface area contributed by atoms with Gasteiger partial charge in [0.25, 0.3) is 0 Å². The summed E-state index contributed by atoms with van der Waals surface area (Å²) in [6.07, 6.45) is 0. The van der Waals surface area contributed by atoms with Gasteiger partial charge in [-0.1, -0.05) is 78.9 Å². The summed E-state index contributed by atoms with van der Waals surface area (Å²) in [4.78, 5) is 0. The van der Waals surface area contributed by atoms with E-state index in [0.29, 0.717) is 0 Å². The quantitative estimate of drug-likeness (QED) is 0.336. The lowest BCUT2D eigenvalue weighted by molar-refractivity contribution is 1.01. The Bertz CT molecular complexity index is 1530. The van der Waals surface area contributed by atoms with Crippen molar-refractivity contribution in [3.63, 3.8) is 0 Å². The average molecular weight is 385 g/mol. The van der Waals surface area contributed by atoms with Crippen molar-refractivity contribution in [2.45, 2.75) is 0 Å². The number of aromatic nitrogens is 3. The largest absolute Gasteiger partial charge is 0.344 e. The molecule has 2 aromatic heterocycles. The van der Waals surface area contributed by atoms with Crippen LogP contribution in [0.1, 0.15) is 0 Å². The van der Waals surface area contributed by atoms with Crippen molar-refractivity contribution in [3.8, 4) is 22.5 Å². The molecule has 0 aliphatic carbocycles. The number of hydrogen-bond acceptors (Lipinski definition) is 2. The van der Waals surface area contributed by atoms with Crippen LogP contribution in [0, 0.1) is 0 Å². The van der Waals surface area contributed by atoms with Gasteiger partial charge < -0.3 is 4.57 Å². The summed E-state index contributed by atoms with van der Waals surface area (Å²) in [6, 6.07) is 33.7. The van der Waals surface area contributed by atoms with Crippen molar-refractivity contribution in [3.05, 3.63) is 97.1 Å². The molecule has 0 aliphatic heterocycles. The fraction of sp³-hybridized carbons (Fsp3) is 0.0370. The van der Waals surface area contributed by atoms with Crippen molar-refractivity contribution in [1.82, 2.24) is 14.8 Å². The normalized spacial score (nSPS) is 11.5. The highest BCUT2D eigenvalue weighted by molar-refractivity contribution is 6.16. The molecule has 30 heavy (non-hydrogen) atoms. The van der Waals surface area contributed by atoms with Crippen molar-refractivity contribution < 1.29 is 0 Å². The van der Waals surface area contributed by atoms with Crippen LogP contribution in [0.3, 0.4) is 0 Å². The van der Waals surface area contributed by atoms with E-state index in [2.05, 4.69) is 77.4 Å². The SMILES string of the molecule is Cn1c2ccccc2c2cc3c(-c4ccccc4)nnc(-c4ccccc4)c3cc21. The fourth-order valence-corrected chi connectivity index (χ4v) is 4.42. The lowest BCUT2D eigenvalue weighted by atomic mass is 9.98. The molecule has 0 spiro atoms. The first kappa shape index (κ1) is 16.9. The van der Waals surface area contributed by atoms with Gasteiger partial charge in [0, 0.05) is 50.8 Å². The average Bonchev–Trinajstić information content (AvgIpc) is 3.10. The molecular weight excluding hydrogens is 366 g/mol. The summed E-state index contributed by atoms with van der Waals surface area (Å²) in [6.45, 7) is 0. The van der Waals surface area contributed by atoms with E-state index in [0.717, 1.165) is 33.3 Å². The van der Waals surface area contributed by atoms with E-state index in [-0.39, 0.29) is 0 Å². The summed E-state index contributed by atoms with van der Waals surface area (Å²) >= 11 is 0. The Morgan fingerprint density at radius 1 is 0.500 bits per heavy atom. The maximum Gasteiger partial charge on any atom is 0.101 e. The lowest BCUT2D eigenvalue weighted by Crippen LogP contribution is -1.95. The van der Waals surface area contributed by atoms with Gasteiger partial charge in [-0.25, -0.2) is 0 Å². The van der Waals surface area contributed by atoms with Crippen molar-refractivity contribution in [1.29, 1.82) is 0 Å². The number of hydrogen-bond donors (Lipinski definition) is 0. The molecule has 0 unspecified atom stereocenters. The summed E-state index contributed by atoms with van der Waals surface area (Å²) < 4.78 is 2.27. The zero-order chi connectivity index (χ0) is 20.1. The number of para-hydroxylation sites is 1. The molecule has 6 rings (SSSR count). The van der Waals surface area contributed by atoms with Crippen LogP contribution in [0.25, 0.3) is 55.1 Å². The van der Waals surface area contributed by atoms with E-state index in [1.165, 1.54) is 21.8 Å². The number of rotatable bonds is 2. The molecule has 0 atom stereocenters. The molecule has 0 saturated heterocycles. The van der Waals surface area contributed by atoms with Gasteiger partial charge in [-0.3, -0.25) is 0 Å². The second-order valence-electron chi connectivity index (χ2n) is 7.62. The van der Waals surface area contributed by atoms with E-state index < -0.39 is 0 Å². The molecule has 0 N–H and O–H groups in total. The van der Waals surface area contributed by atoms with Crippen LogP contribution in [0.2, 0.25) is 0 Å². The Kier molecular flexibility index (Phi) is 3.68. The number of aryl methyl sites for hydroxylation is 1. The Labute approximate surface area is 174 Å². The predicted octanol–water partition coefficient (Wildman–Crippen LogP) is 6.61. The molecule has 0 radical (unpaired) electrons. The van der Waals surface area contributed by atoms with Gasteiger partial charge in [0.05, 0.1) is 0 Å². The van der Waals surface area contributed by atoms with Crippen LogP contribution in [-0.2, 0) is 7.05 Å². The van der Waals surface area contributed by atoms with Crippen molar-refractivity contribution in [2.24, 2.45) is 7.05 Å². The monoisotopic (exact) mass is 385 g/mol.